The van der Waals surface area contributed by atoms with E-state index in [0.717, 1.165) is 32.8 Å². The van der Waals surface area contributed by atoms with Crippen LogP contribution in [0.4, 0.5) is 10.3 Å². The van der Waals surface area contributed by atoms with E-state index >= 15 is 0 Å². The summed E-state index contributed by atoms with van der Waals surface area (Å²) in [5, 5.41) is 0. The number of rotatable bonds is 3. The van der Waals surface area contributed by atoms with Gasteiger partial charge in [-0.2, -0.15) is 0 Å². The van der Waals surface area contributed by atoms with E-state index < -0.39 is 5.82 Å². The van der Waals surface area contributed by atoms with Crippen molar-refractivity contribution in [2.45, 2.75) is 31.8 Å². The first-order valence-electron chi connectivity index (χ1n) is 7.34. The molecule has 0 spiro atoms. The van der Waals surface area contributed by atoms with Crippen molar-refractivity contribution in [2.24, 2.45) is 0 Å². The van der Waals surface area contributed by atoms with Crippen LogP contribution in [0.25, 0.3) is 0 Å². The molecule has 0 bridgehead atoms. The van der Waals surface area contributed by atoms with Gasteiger partial charge in [-0.25, -0.2) is 14.4 Å². The zero-order chi connectivity index (χ0) is 13.9. The molecule has 0 saturated carbocycles. The molecule has 5 nitrogen and oxygen atoms in total. The Balaban J connectivity index is 1.67. The molecule has 0 aliphatic carbocycles. The summed E-state index contributed by atoms with van der Waals surface area (Å²) in [6, 6.07) is 0.928. The second-order valence-electron chi connectivity index (χ2n) is 5.52. The fourth-order valence-electron chi connectivity index (χ4n) is 3.17. The van der Waals surface area contributed by atoms with Crippen molar-refractivity contribution in [1.29, 1.82) is 0 Å². The summed E-state index contributed by atoms with van der Waals surface area (Å²) < 4.78 is 18.6. The third-order valence-corrected chi connectivity index (χ3v) is 4.13. The van der Waals surface area contributed by atoms with Gasteiger partial charge in [0.25, 0.3) is 0 Å². The summed E-state index contributed by atoms with van der Waals surface area (Å²) in [7, 11) is 0. The lowest BCUT2D eigenvalue weighted by atomic mass is 10.0. The SMILES string of the molecule is CCC[C@H]1COC[C@H]2CN(c3ncc(F)cn3)CCN12. The average Bonchev–Trinajstić information content (AvgIpc) is 2.48. The van der Waals surface area contributed by atoms with Crippen molar-refractivity contribution < 1.29 is 9.13 Å². The molecule has 20 heavy (non-hydrogen) atoms. The minimum absolute atomic E-state index is 0.391. The Labute approximate surface area is 118 Å². The molecular weight excluding hydrogens is 259 g/mol. The van der Waals surface area contributed by atoms with Gasteiger partial charge in [0.05, 0.1) is 31.6 Å². The minimum atomic E-state index is -0.392. The number of morpholine rings is 1. The number of hydrogen-bond acceptors (Lipinski definition) is 5. The van der Waals surface area contributed by atoms with Gasteiger partial charge in [0.1, 0.15) is 0 Å². The normalized spacial score (nSPS) is 27.4. The number of fused-ring (bicyclic) bond motifs is 1. The van der Waals surface area contributed by atoms with Crippen molar-refractivity contribution in [3.05, 3.63) is 18.2 Å². The van der Waals surface area contributed by atoms with Gasteiger partial charge in [0.15, 0.2) is 5.82 Å². The maximum atomic E-state index is 12.9. The van der Waals surface area contributed by atoms with E-state index in [2.05, 4.69) is 26.7 Å². The molecule has 0 amide bonds. The van der Waals surface area contributed by atoms with E-state index in [1.807, 2.05) is 0 Å². The van der Waals surface area contributed by atoms with Crippen LogP contribution in [-0.2, 0) is 4.74 Å². The van der Waals surface area contributed by atoms with E-state index in [0.29, 0.717) is 18.0 Å². The van der Waals surface area contributed by atoms with Crippen molar-refractivity contribution in [3.63, 3.8) is 0 Å². The Bertz CT molecular complexity index is 439. The van der Waals surface area contributed by atoms with Gasteiger partial charge in [-0.15, -0.1) is 0 Å². The van der Waals surface area contributed by atoms with Gasteiger partial charge in [0.2, 0.25) is 5.95 Å². The highest BCUT2D eigenvalue weighted by atomic mass is 19.1. The number of ether oxygens (including phenoxy) is 1. The predicted octanol–water partition coefficient (Wildman–Crippen LogP) is 1.31. The molecule has 110 valence electrons. The Hall–Kier alpha value is -1.27. The van der Waals surface area contributed by atoms with Crippen LogP contribution in [0, 0.1) is 5.82 Å². The molecule has 1 aromatic rings. The monoisotopic (exact) mass is 280 g/mol. The predicted molar refractivity (Wildman–Crippen MR) is 74.2 cm³/mol. The van der Waals surface area contributed by atoms with E-state index in [9.17, 15) is 4.39 Å². The smallest absolute Gasteiger partial charge is 0.225 e. The van der Waals surface area contributed by atoms with Crippen LogP contribution in [-0.4, -0.2) is 59.8 Å². The number of nitrogens with zero attached hydrogens (tertiary/aromatic N) is 4. The maximum Gasteiger partial charge on any atom is 0.225 e. The van der Waals surface area contributed by atoms with Gasteiger partial charge >= 0.3 is 0 Å². The second kappa shape index (κ2) is 6.01. The van der Waals surface area contributed by atoms with Crippen LogP contribution in [0.3, 0.4) is 0 Å². The number of aromatic nitrogens is 2. The Kier molecular flexibility index (Phi) is 4.12. The van der Waals surface area contributed by atoms with Gasteiger partial charge in [-0.1, -0.05) is 13.3 Å². The quantitative estimate of drug-likeness (QED) is 0.835. The van der Waals surface area contributed by atoms with Gasteiger partial charge < -0.3 is 9.64 Å². The molecule has 1 aromatic heterocycles. The molecular formula is C14H21FN4O. The van der Waals surface area contributed by atoms with Crippen molar-refractivity contribution in [1.82, 2.24) is 14.9 Å². The summed E-state index contributed by atoms with van der Waals surface area (Å²) in [6.07, 6.45) is 4.82. The highest BCUT2D eigenvalue weighted by Gasteiger charge is 2.35. The summed E-state index contributed by atoms with van der Waals surface area (Å²) >= 11 is 0. The van der Waals surface area contributed by atoms with E-state index in [4.69, 9.17) is 4.74 Å². The topological polar surface area (TPSA) is 41.5 Å². The molecule has 2 fully saturated rings. The molecule has 2 aliphatic rings. The fourth-order valence-corrected chi connectivity index (χ4v) is 3.17. The fraction of sp³-hybridized carbons (Fsp3) is 0.714. The van der Waals surface area contributed by atoms with Crippen LogP contribution in [0.1, 0.15) is 19.8 Å². The number of piperazine rings is 1. The standard InChI is InChI=1S/C14H21FN4O/c1-2-3-12-9-20-10-13-8-18(4-5-19(12)13)14-16-6-11(15)7-17-14/h6-7,12-13H,2-5,8-10H2,1H3/t12-,13+/m0/s1. The van der Waals surface area contributed by atoms with Crippen LogP contribution >= 0.6 is 0 Å². The number of halogens is 1. The molecule has 6 heteroatoms. The van der Waals surface area contributed by atoms with E-state index in [1.54, 1.807) is 0 Å². The van der Waals surface area contributed by atoms with Crippen LogP contribution in [0.2, 0.25) is 0 Å². The molecule has 0 unspecified atom stereocenters. The van der Waals surface area contributed by atoms with Gasteiger partial charge in [-0.05, 0) is 6.42 Å². The molecule has 0 aromatic carbocycles. The van der Waals surface area contributed by atoms with E-state index in [-0.39, 0.29) is 0 Å². The lowest BCUT2D eigenvalue weighted by Gasteiger charge is -2.48. The Morgan fingerprint density at radius 2 is 2.10 bits per heavy atom. The average molecular weight is 280 g/mol. The lowest BCUT2D eigenvalue weighted by Crippen LogP contribution is -2.62. The summed E-state index contributed by atoms with van der Waals surface area (Å²) in [6.45, 7) is 6.56. The van der Waals surface area contributed by atoms with Crippen LogP contribution < -0.4 is 4.90 Å². The van der Waals surface area contributed by atoms with Gasteiger partial charge in [0, 0.05) is 25.7 Å². The van der Waals surface area contributed by atoms with Crippen molar-refractivity contribution in [3.8, 4) is 0 Å². The highest BCUT2D eigenvalue weighted by molar-refractivity contribution is 5.30. The third-order valence-electron chi connectivity index (χ3n) is 4.13. The number of anilines is 1. The van der Waals surface area contributed by atoms with E-state index in [1.165, 1.54) is 25.2 Å². The summed E-state index contributed by atoms with van der Waals surface area (Å²) in [5.74, 6) is 0.222. The highest BCUT2D eigenvalue weighted by Crippen LogP contribution is 2.23. The zero-order valence-electron chi connectivity index (χ0n) is 11.8. The largest absolute Gasteiger partial charge is 0.378 e. The zero-order valence-corrected chi connectivity index (χ0v) is 11.8. The van der Waals surface area contributed by atoms with Crippen LogP contribution in [0.5, 0.6) is 0 Å². The molecule has 3 heterocycles. The minimum Gasteiger partial charge on any atom is -0.378 e. The second-order valence-corrected chi connectivity index (χ2v) is 5.52. The Morgan fingerprint density at radius 1 is 1.30 bits per heavy atom. The molecule has 3 rings (SSSR count). The molecule has 2 saturated heterocycles. The third kappa shape index (κ3) is 2.76. The van der Waals surface area contributed by atoms with Crippen molar-refractivity contribution >= 4 is 5.95 Å². The molecule has 0 N–H and O–H groups in total. The first-order chi connectivity index (χ1) is 9.78. The first-order valence-corrected chi connectivity index (χ1v) is 7.34. The summed E-state index contributed by atoms with van der Waals surface area (Å²) in [4.78, 5) is 12.8. The lowest BCUT2D eigenvalue weighted by molar-refractivity contribution is -0.0559. The Morgan fingerprint density at radius 3 is 2.85 bits per heavy atom. The van der Waals surface area contributed by atoms with Crippen molar-refractivity contribution in [2.75, 3.05) is 37.7 Å². The maximum absolute atomic E-state index is 12.9. The van der Waals surface area contributed by atoms with Gasteiger partial charge in [-0.3, -0.25) is 4.90 Å². The van der Waals surface area contributed by atoms with Crippen LogP contribution in [0.15, 0.2) is 12.4 Å². The first kappa shape index (κ1) is 13.7. The molecule has 0 radical (unpaired) electrons. The summed E-state index contributed by atoms with van der Waals surface area (Å²) in [5.41, 5.74) is 0. The molecule has 2 atom stereocenters. The molecule has 2 aliphatic heterocycles. The number of hydrogen-bond donors (Lipinski definition) is 0.